The van der Waals surface area contributed by atoms with E-state index in [1.807, 2.05) is 6.92 Å². The number of hydrogen-bond acceptors (Lipinski definition) is 4. The monoisotopic (exact) mass is 258 g/mol. The van der Waals surface area contributed by atoms with Crippen molar-refractivity contribution in [2.24, 2.45) is 0 Å². The Bertz CT molecular complexity index is 248. The maximum absolute atomic E-state index is 11.8. The minimum Gasteiger partial charge on any atom is -0.383 e. The summed E-state index contributed by atoms with van der Waals surface area (Å²) < 4.78 is 10.4. The molecule has 0 spiro atoms. The molecule has 0 saturated heterocycles. The van der Waals surface area contributed by atoms with Crippen LogP contribution in [0.4, 0.5) is 0 Å². The lowest BCUT2D eigenvalue weighted by atomic mass is 9.92. The lowest BCUT2D eigenvalue weighted by Gasteiger charge is -2.33. The number of methoxy groups -OCH3 is 2. The Hall–Kier alpha value is -0.650. The van der Waals surface area contributed by atoms with Crippen molar-refractivity contribution in [2.75, 3.05) is 27.4 Å². The average Bonchev–Trinajstić information content (AvgIpc) is 2.39. The van der Waals surface area contributed by atoms with Crippen molar-refractivity contribution in [3.8, 4) is 0 Å². The second-order valence-corrected chi connectivity index (χ2v) is 4.84. The van der Waals surface area contributed by atoms with Crippen LogP contribution in [-0.2, 0) is 14.3 Å². The van der Waals surface area contributed by atoms with E-state index in [2.05, 4.69) is 10.6 Å². The summed E-state index contributed by atoms with van der Waals surface area (Å²) in [7, 11) is 3.37. The highest BCUT2D eigenvalue weighted by molar-refractivity contribution is 5.81. The van der Waals surface area contributed by atoms with Crippen LogP contribution in [0.2, 0.25) is 0 Å². The van der Waals surface area contributed by atoms with Gasteiger partial charge in [-0.2, -0.15) is 0 Å². The Morgan fingerprint density at radius 3 is 2.72 bits per heavy atom. The quantitative estimate of drug-likeness (QED) is 0.660. The van der Waals surface area contributed by atoms with Gasteiger partial charge in [-0.15, -0.1) is 0 Å². The molecule has 0 radical (unpaired) electrons. The highest BCUT2D eigenvalue weighted by Gasteiger charge is 2.27. The summed E-state index contributed by atoms with van der Waals surface area (Å²) in [6.07, 6.45) is 4.80. The molecule has 0 aromatic heterocycles. The van der Waals surface area contributed by atoms with Crippen LogP contribution in [0.3, 0.4) is 0 Å². The van der Waals surface area contributed by atoms with Crippen molar-refractivity contribution in [2.45, 2.75) is 50.8 Å². The van der Waals surface area contributed by atoms with E-state index >= 15 is 0 Å². The molecule has 106 valence electrons. The Kier molecular flexibility index (Phi) is 7.23. The van der Waals surface area contributed by atoms with Crippen LogP contribution >= 0.6 is 0 Å². The summed E-state index contributed by atoms with van der Waals surface area (Å²) in [6.45, 7) is 2.99. The molecule has 0 aliphatic heterocycles. The molecule has 1 saturated carbocycles. The number of nitrogens with one attached hydrogen (secondary N) is 2. The molecule has 1 aliphatic carbocycles. The number of amides is 1. The van der Waals surface area contributed by atoms with Gasteiger partial charge in [0.2, 0.25) is 5.91 Å². The zero-order valence-electron chi connectivity index (χ0n) is 11.7. The van der Waals surface area contributed by atoms with E-state index in [4.69, 9.17) is 9.47 Å². The molecule has 1 amide bonds. The lowest BCUT2D eigenvalue weighted by molar-refractivity contribution is -0.123. The van der Waals surface area contributed by atoms with Crippen LogP contribution in [0.15, 0.2) is 0 Å². The second-order valence-electron chi connectivity index (χ2n) is 4.84. The number of carbonyl (C=O) groups excluding carboxylic acids is 1. The van der Waals surface area contributed by atoms with Gasteiger partial charge >= 0.3 is 0 Å². The maximum atomic E-state index is 11.8. The van der Waals surface area contributed by atoms with Gasteiger partial charge in [-0.05, 0) is 19.8 Å². The SMILES string of the molecule is COCCNC(=O)C(C)NC1CCCCC1OC. The molecule has 3 atom stereocenters. The van der Waals surface area contributed by atoms with Gasteiger partial charge in [0, 0.05) is 26.8 Å². The van der Waals surface area contributed by atoms with Gasteiger partial charge in [-0.25, -0.2) is 0 Å². The van der Waals surface area contributed by atoms with Gasteiger partial charge in [0.05, 0.1) is 18.8 Å². The van der Waals surface area contributed by atoms with Crippen LogP contribution in [0, 0.1) is 0 Å². The number of carbonyl (C=O) groups is 1. The normalized spacial score (nSPS) is 25.7. The molecule has 2 N–H and O–H groups in total. The number of rotatable bonds is 7. The second kappa shape index (κ2) is 8.45. The predicted octanol–water partition coefficient (Wildman–Crippen LogP) is 0.685. The molecule has 1 fully saturated rings. The van der Waals surface area contributed by atoms with Crippen molar-refractivity contribution < 1.29 is 14.3 Å². The molecule has 18 heavy (non-hydrogen) atoms. The zero-order valence-corrected chi connectivity index (χ0v) is 11.7. The third kappa shape index (κ3) is 4.92. The predicted molar refractivity (Wildman–Crippen MR) is 70.5 cm³/mol. The third-order valence-electron chi connectivity index (χ3n) is 3.47. The first-order valence-electron chi connectivity index (χ1n) is 6.74. The molecular formula is C13H26N2O3. The molecule has 1 rings (SSSR count). The molecule has 5 heteroatoms. The highest BCUT2D eigenvalue weighted by Crippen LogP contribution is 2.21. The Balaban J connectivity index is 2.32. The fourth-order valence-electron chi connectivity index (χ4n) is 2.40. The Morgan fingerprint density at radius 2 is 2.06 bits per heavy atom. The van der Waals surface area contributed by atoms with Crippen LogP contribution in [0.5, 0.6) is 0 Å². The van der Waals surface area contributed by atoms with E-state index in [1.165, 1.54) is 12.8 Å². The third-order valence-corrected chi connectivity index (χ3v) is 3.47. The lowest BCUT2D eigenvalue weighted by Crippen LogP contribution is -2.52. The van der Waals surface area contributed by atoms with E-state index in [1.54, 1.807) is 14.2 Å². The molecule has 1 aliphatic rings. The summed E-state index contributed by atoms with van der Waals surface area (Å²) in [4.78, 5) is 11.8. The topological polar surface area (TPSA) is 59.6 Å². The largest absolute Gasteiger partial charge is 0.383 e. The summed E-state index contributed by atoms with van der Waals surface area (Å²) in [5.41, 5.74) is 0. The van der Waals surface area contributed by atoms with E-state index in [0.717, 1.165) is 12.8 Å². The van der Waals surface area contributed by atoms with Crippen molar-refractivity contribution in [1.82, 2.24) is 10.6 Å². The average molecular weight is 258 g/mol. The van der Waals surface area contributed by atoms with Crippen molar-refractivity contribution in [3.05, 3.63) is 0 Å². The van der Waals surface area contributed by atoms with E-state index < -0.39 is 0 Å². The van der Waals surface area contributed by atoms with Gasteiger partial charge in [-0.1, -0.05) is 12.8 Å². The Labute approximate surface area is 110 Å². The van der Waals surface area contributed by atoms with Gasteiger partial charge < -0.3 is 20.1 Å². The molecule has 0 aromatic rings. The molecule has 3 unspecified atom stereocenters. The molecule has 5 nitrogen and oxygen atoms in total. The van der Waals surface area contributed by atoms with Crippen molar-refractivity contribution in [3.63, 3.8) is 0 Å². The summed E-state index contributed by atoms with van der Waals surface area (Å²) >= 11 is 0. The minimum absolute atomic E-state index is 0.0208. The fourth-order valence-corrected chi connectivity index (χ4v) is 2.40. The molecule has 0 aromatic carbocycles. The van der Waals surface area contributed by atoms with Gasteiger partial charge in [-0.3, -0.25) is 4.79 Å². The Morgan fingerprint density at radius 1 is 1.33 bits per heavy atom. The maximum Gasteiger partial charge on any atom is 0.236 e. The first-order valence-corrected chi connectivity index (χ1v) is 6.74. The first kappa shape index (κ1) is 15.4. The van der Waals surface area contributed by atoms with E-state index in [0.29, 0.717) is 13.2 Å². The zero-order chi connectivity index (χ0) is 13.4. The minimum atomic E-state index is -0.192. The summed E-state index contributed by atoms with van der Waals surface area (Å²) in [5, 5.41) is 6.21. The van der Waals surface area contributed by atoms with Crippen LogP contribution in [-0.4, -0.2) is 51.5 Å². The van der Waals surface area contributed by atoms with E-state index in [9.17, 15) is 4.79 Å². The van der Waals surface area contributed by atoms with Crippen molar-refractivity contribution in [1.29, 1.82) is 0 Å². The summed E-state index contributed by atoms with van der Waals surface area (Å²) in [6, 6.07) is 0.0922. The van der Waals surface area contributed by atoms with Gasteiger partial charge in [0.25, 0.3) is 0 Å². The fraction of sp³-hybridized carbons (Fsp3) is 0.923. The van der Waals surface area contributed by atoms with Crippen molar-refractivity contribution >= 4 is 5.91 Å². The standard InChI is InChI=1S/C13H26N2O3/c1-10(13(16)14-8-9-17-2)15-11-6-4-5-7-12(11)18-3/h10-12,15H,4-9H2,1-3H3,(H,14,16). The summed E-state index contributed by atoms with van der Waals surface area (Å²) in [5.74, 6) is 0.0208. The molecule has 0 heterocycles. The van der Waals surface area contributed by atoms with Crippen LogP contribution in [0.25, 0.3) is 0 Å². The van der Waals surface area contributed by atoms with E-state index in [-0.39, 0.29) is 24.1 Å². The molecule has 0 bridgehead atoms. The molecular weight excluding hydrogens is 232 g/mol. The highest BCUT2D eigenvalue weighted by atomic mass is 16.5. The van der Waals surface area contributed by atoms with Crippen LogP contribution < -0.4 is 10.6 Å². The van der Waals surface area contributed by atoms with Gasteiger partial charge in [0.15, 0.2) is 0 Å². The van der Waals surface area contributed by atoms with Gasteiger partial charge in [0.1, 0.15) is 0 Å². The smallest absolute Gasteiger partial charge is 0.236 e. The van der Waals surface area contributed by atoms with Crippen LogP contribution in [0.1, 0.15) is 32.6 Å². The first-order chi connectivity index (χ1) is 8.69. The number of ether oxygens (including phenoxy) is 2. The number of hydrogen-bond donors (Lipinski definition) is 2.